The van der Waals surface area contributed by atoms with Gasteiger partial charge in [-0.15, -0.1) is 0 Å². The summed E-state index contributed by atoms with van der Waals surface area (Å²) in [7, 11) is 0. The first-order chi connectivity index (χ1) is 8.68. The van der Waals surface area contributed by atoms with Gasteiger partial charge in [-0.25, -0.2) is 0 Å². The van der Waals surface area contributed by atoms with Crippen molar-refractivity contribution < 1.29 is 0 Å². The standard InChI is InChI=1S/C7H14.C5H11N.C4H9N/c1-7-5-3-2-4-6-7;1-5-2-3-6-4-5;1-4-2-5-3-4/h7H,2-6H2,1H3;5-6H,2-4H2,1H3;4-5H,2-3H2,1H3. The maximum atomic E-state index is 3.27. The van der Waals surface area contributed by atoms with Gasteiger partial charge < -0.3 is 10.6 Å². The summed E-state index contributed by atoms with van der Waals surface area (Å²) in [6.07, 6.45) is 8.81. The molecule has 3 rings (SSSR count). The van der Waals surface area contributed by atoms with E-state index in [1.54, 1.807) is 0 Å². The molecule has 0 spiro atoms. The summed E-state index contributed by atoms with van der Waals surface area (Å²) < 4.78 is 0. The Morgan fingerprint density at radius 1 is 0.611 bits per heavy atom. The first-order valence-electron chi connectivity index (χ1n) is 8.10. The summed E-state index contributed by atoms with van der Waals surface area (Å²) in [5, 5.41) is 6.43. The lowest BCUT2D eigenvalue weighted by molar-refractivity contribution is 0.379. The molecule has 1 aliphatic carbocycles. The average molecular weight is 254 g/mol. The summed E-state index contributed by atoms with van der Waals surface area (Å²) in [6, 6.07) is 0. The van der Waals surface area contributed by atoms with Crippen molar-refractivity contribution in [2.24, 2.45) is 17.8 Å². The Balaban J connectivity index is 0.000000137. The second-order valence-corrected chi connectivity index (χ2v) is 6.60. The minimum atomic E-state index is 0.935. The molecule has 0 aromatic heterocycles. The zero-order chi connectivity index (χ0) is 13.2. The average Bonchev–Trinajstić information content (AvgIpc) is 2.80. The Labute approximate surface area is 114 Å². The van der Waals surface area contributed by atoms with Crippen molar-refractivity contribution in [2.45, 2.75) is 59.3 Å². The first-order valence-corrected chi connectivity index (χ1v) is 8.10. The van der Waals surface area contributed by atoms with E-state index in [2.05, 4.69) is 31.4 Å². The van der Waals surface area contributed by atoms with Gasteiger partial charge in [0, 0.05) is 0 Å². The van der Waals surface area contributed by atoms with Crippen LogP contribution in [0.3, 0.4) is 0 Å². The van der Waals surface area contributed by atoms with Crippen LogP contribution < -0.4 is 10.6 Å². The Bertz CT molecular complexity index is 178. The first kappa shape index (κ1) is 16.0. The van der Waals surface area contributed by atoms with Crippen molar-refractivity contribution in [2.75, 3.05) is 26.2 Å². The minimum Gasteiger partial charge on any atom is -0.316 e. The van der Waals surface area contributed by atoms with E-state index >= 15 is 0 Å². The fourth-order valence-electron chi connectivity index (χ4n) is 2.54. The van der Waals surface area contributed by atoms with Gasteiger partial charge in [0.2, 0.25) is 0 Å². The highest BCUT2D eigenvalue weighted by Crippen LogP contribution is 2.22. The lowest BCUT2D eigenvalue weighted by Crippen LogP contribution is -2.39. The predicted octanol–water partition coefficient (Wildman–Crippen LogP) is 3.43. The third-order valence-corrected chi connectivity index (χ3v) is 4.19. The van der Waals surface area contributed by atoms with Gasteiger partial charge in [0.25, 0.3) is 0 Å². The van der Waals surface area contributed by atoms with Gasteiger partial charge in [0.05, 0.1) is 0 Å². The van der Waals surface area contributed by atoms with E-state index < -0.39 is 0 Å². The molecule has 1 unspecified atom stereocenters. The Morgan fingerprint density at radius 3 is 1.39 bits per heavy atom. The molecule has 1 atom stereocenters. The molecule has 0 aromatic rings. The molecule has 2 heteroatoms. The maximum Gasteiger partial charge on any atom is -0.00109 e. The Morgan fingerprint density at radius 2 is 1.22 bits per heavy atom. The van der Waals surface area contributed by atoms with E-state index in [0.29, 0.717) is 0 Å². The monoisotopic (exact) mass is 254 g/mol. The Kier molecular flexibility index (Phi) is 8.70. The molecular formula is C16H34N2. The molecule has 2 N–H and O–H groups in total. The van der Waals surface area contributed by atoms with Crippen LogP contribution in [0.4, 0.5) is 0 Å². The smallest absolute Gasteiger partial charge is 0.00109 e. The normalized spacial score (nSPS) is 28.5. The highest BCUT2D eigenvalue weighted by Gasteiger charge is 2.08. The highest BCUT2D eigenvalue weighted by molar-refractivity contribution is 4.68. The van der Waals surface area contributed by atoms with Gasteiger partial charge in [0.1, 0.15) is 0 Å². The predicted molar refractivity (Wildman–Crippen MR) is 80.9 cm³/mol. The van der Waals surface area contributed by atoms with Crippen LogP contribution in [0.2, 0.25) is 0 Å². The van der Waals surface area contributed by atoms with Crippen molar-refractivity contribution in [3.05, 3.63) is 0 Å². The molecule has 3 aliphatic rings. The number of rotatable bonds is 0. The molecule has 2 heterocycles. The van der Waals surface area contributed by atoms with E-state index in [-0.39, 0.29) is 0 Å². The molecule has 0 radical (unpaired) electrons. The van der Waals surface area contributed by atoms with E-state index in [4.69, 9.17) is 0 Å². The van der Waals surface area contributed by atoms with E-state index in [1.807, 2.05) is 0 Å². The Hall–Kier alpha value is -0.0800. The molecule has 0 amide bonds. The van der Waals surface area contributed by atoms with Gasteiger partial charge >= 0.3 is 0 Å². The van der Waals surface area contributed by atoms with Crippen molar-refractivity contribution in [3.8, 4) is 0 Å². The van der Waals surface area contributed by atoms with E-state index in [0.717, 1.165) is 17.8 Å². The van der Waals surface area contributed by atoms with Gasteiger partial charge in [-0.1, -0.05) is 52.9 Å². The minimum absolute atomic E-state index is 0.935. The van der Waals surface area contributed by atoms with Crippen LogP contribution in [0.25, 0.3) is 0 Å². The van der Waals surface area contributed by atoms with Crippen LogP contribution >= 0.6 is 0 Å². The fourth-order valence-corrected chi connectivity index (χ4v) is 2.54. The van der Waals surface area contributed by atoms with Crippen LogP contribution in [-0.2, 0) is 0 Å². The fraction of sp³-hybridized carbons (Fsp3) is 1.00. The zero-order valence-corrected chi connectivity index (χ0v) is 12.8. The van der Waals surface area contributed by atoms with Gasteiger partial charge in [-0.05, 0) is 50.4 Å². The molecule has 0 aromatic carbocycles. The number of hydrogen-bond donors (Lipinski definition) is 2. The summed E-state index contributed by atoms with van der Waals surface area (Å²) in [5.74, 6) is 2.92. The van der Waals surface area contributed by atoms with Crippen molar-refractivity contribution in [1.29, 1.82) is 0 Å². The molecule has 1 saturated carbocycles. The largest absolute Gasteiger partial charge is 0.316 e. The van der Waals surface area contributed by atoms with Gasteiger partial charge in [-0.3, -0.25) is 0 Å². The molecule has 108 valence electrons. The third-order valence-electron chi connectivity index (χ3n) is 4.19. The highest BCUT2D eigenvalue weighted by atomic mass is 14.9. The quantitative estimate of drug-likeness (QED) is 0.692. The van der Waals surface area contributed by atoms with Crippen LogP contribution in [0, 0.1) is 17.8 Å². The van der Waals surface area contributed by atoms with Crippen molar-refractivity contribution >= 4 is 0 Å². The lowest BCUT2D eigenvalue weighted by atomic mass is 9.91. The van der Waals surface area contributed by atoms with Crippen LogP contribution in [0.5, 0.6) is 0 Å². The topological polar surface area (TPSA) is 24.1 Å². The summed E-state index contributed by atoms with van der Waals surface area (Å²) in [6.45, 7) is 11.8. The number of hydrogen-bond acceptors (Lipinski definition) is 2. The molecule has 2 aliphatic heterocycles. The van der Waals surface area contributed by atoms with Crippen LogP contribution in [0.15, 0.2) is 0 Å². The second kappa shape index (κ2) is 9.80. The second-order valence-electron chi connectivity index (χ2n) is 6.60. The van der Waals surface area contributed by atoms with Crippen molar-refractivity contribution in [1.82, 2.24) is 10.6 Å². The third kappa shape index (κ3) is 8.10. The molecule has 2 saturated heterocycles. The molecule has 0 bridgehead atoms. The van der Waals surface area contributed by atoms with Crippen LogP contribution in [-0.4, -0.2) is 26.2 Å². The lowest BCUT2D eigenvalue weighted by Gasteiger charge is -2.21. The molecule has 2 nitrogen and oxygen atoms in total. The van der Waals surface area contributed by atoms with E-state index in [9.17, 15) is 0 Å². The molecule has 3 fully saturated rings. The van der Waals surface area contributed by atoms with Gasteiger partial charge in [-0.2, -0.15) is 0 Å². The SMILES string of the molecule is CC1CCCCC1.CC1CCNC1.CC1CNC1. The molecule has 18 heavy (non-hydrogen) atoms. The maximum absolute atomic E-state index is 3.27. The summed E-state index contributed by atoms with van der Waals surface area (Å²) >= 11 is 0. The number of nitrogens with one attached hydrogen (secondary N) is 2. The zero-order valence-electron chi connectivity index (χ0n) is 12.8. The van der Waals surface area contributed by atoms with Crippen LogP contribution in [0.1, 0.15) is 59.3 Å². The summed E-state index contributed by atoms with van der Waals surface area (Å²) in [4.78, 5) is 0. The van der Waals surface area contributed by atoms with Gasteiger partial charge in [0.15, 0.2) is 0 Å². The summed E-state index contributed by atoms with van der Waals surface area (Å²) in [5.41, 5.74) is 0. The molecular weight excluding hydrogens is 220 g/mol. The van der Waals surface area contributed by atoms with Crippen molar-refractivity contribution in [3.63, 3.8) is 0 Å². The van der Waals surface area contributed by atoms with E-state index in [1.165, 1.54) is 64.7 Å².